The zero-order chi connectivity index (χ0) is 23.3. The molecule has 1 saturated heterocycles. The Balaban J connectivity index is 1.21. The largest absolute Gasteiger partial charge is 0.491 e. The first-order valence-corrected chi connectivity index (χ1v) is 12.5. The molecule has 0 bridgehead atoms. The molecule has 1 aliphatic carbocycles. The van der Waals surface area contributed by atoms with E-state index in [0.717, 1.165) is 51.1 Å². The van der Waals surface area contributed by atoms with Crippen LogP contribution in [0, 0.1) is 0 Å². The van der Waals surface area contributed by atoms with Crippen LogP contribution in [0.4, 0.5) is 0 Å². The smallest absolute Gasteiger partial charge is 0.121 e. The Morgan fingerprint density at radius 2 is 1.30 bits per heavy atom. The first-order valence-electron chi connectivity index (χ1n) is 11.8. The average Bonchev–Trinajstić information content (AvgIpc) is 2.82. The molecule has 0 unspecified atom stereocenters. The molecule has 0 spiro atoms. The van der Waals surface area contributed by atoms with Gasteiger partial charge in [-0.15, -0.1) is 0 Å². The van der Waals surface area contributed by atoms with E-state index >= 15 is 0 Å². The van der Waals surface area contributed by atoms with Gasteiger partial charge in [0.05, 0.1) is 15.6 Å². The normalized spacial score (nSPS) is 20.4. The van der Waals surface area contributed by atoms with Gasteiger partial charge < -0.3 is 19.7 Å². The standard InChI is InChI=1S/C26H33Cl2NO4/c27-23-9-8-22(16-24(23)28)33-19-26(31)12-14-29(15-13-26)17-20-4-6-21(7-5-20)32-18-25(30)10-2-1-3-11-25/h4-9,16,30-31H,1-3,10-15,17-19H2. The van der Waals surface area contributed by atoms with Crippen LogP contribution in [0.1, 0.15) is 50.5 Å². The number of aliphatic hydroxyl groups is 2. The number of hydrogen-bond acceptors (Lipinski definition) is 5. The molecule has 2 aromatic carbocycles. The molecule has 4 rings (SSSR count). The maximum Gasteiger partial charge on any atom is 0.121 e. The minimum Gasteiger partial charge on any atom is -0.491 e. The van der Waals surface area contributed by atoms with E-state index in [4.69, 9.17) is 32.7 Å². The van der Waals surface area contributed by atoms with Gasteiger partial charge in [0, 0.05) is 25.7 Å². The number of hydrogen-bond donors (Lipinski definition) is 2. The topological polar surface area (TPSA) is 62.2 Å². The van der Waals surface area contributed by atoms with Crippen LogP contribution < -0.4 is 9.47 Å². The van der Waals surface area contributed by atoms with E-state index in [1.807, 2.05) is 12.1 Å². The third-order valence-electron chi connectivity index (χ3n) is 6.81. The van der Waals surface area contributed by atoms with E-state index in [2.05, 4.69) is 17.0 Å². The molecule has 2 aromatic rings. The SMILES string of the molecule is OC1(COc2ccc(CN3CCC(O)(COc4ccc(Cl)c(Cl)c4)CC3)cc2)CCCCC1. The molecular formula is C26H33Cl2NO4. The summed E-state index contributed by atoms with van der Waals surface area (Å²) in [6.45, 7) is 3.02. The summed E-state index contributed by atoms with van der Waals surface area (Å²) in [4.78, 5) is 2.34. The lowest BCUT2D eigenvalue weighted by Gasteiger charge is -2.38. The van der Waals surface area contributed by atoms with E-state index < -0.39 is 11.2 Å². The molecule has 1 aliphatic heterocycles. The molecule has 33 heavy (non-hydrogen) atoms. The van der Waals surface area contributed by atoms with Gasteiger partial charge in [-0.2, -0.15) is 0 Å². The van der Waals surface area contributed by atoms with E-state index in [9.17, 15) is 10.2 Å². The van der Waals surface area contributed by atoms with Crippen molar-refractivity contribution in [1.82, 2.24) is 4.90 Å². The highest BCUT2D eigenvalue weighted by molar-refractivity contribution is 6.42. The van der Waals surface area contributed by atoms with Gasteiger partial charge in [0.25, 0.3) is 0 Å². The van der Waals surface area contributed by atoms with Crippen LogP contribution in [-0.2, 0) is 6.54 Å². The molecule has 0 amide bonds. The number of ether oxygens (including phenoxy) is 2. The lowest BCUT2D eigenvalue weighted by atomic mass is 9.85. The van der Waals surface area contributed by atoms with Crippen LogP contribution in [-0.4, -0.2) is 52.6 Å². The lowest BCUT2D eigenvalue weighted by Crippen LogP contribution is -2.47. The summed E-state index contributed by atoms with van der Waals surface area (Å²) in [6.07, 6.45) is 6.30. The van der Waals surface area contributed by atoms with Gasteiger partial charge in [-0.3, -0.25) is 4.90 Å². The average molecular weight is 494 g/mol. The Labute approximate surface area is 206 Å². The van der Waals surface area contributed by atoms with Crippen LogP contribution >= 0.6 is 23.2 Å². The molecule has 2 aliphatic rings. The number of benzene rings is 2. The fourth-order valence-electron chi connectivity index (χ4n) is 4.58. The van der Waals surface area contributed by atoms with Crippen molar-refractivity contribution in [2.75, 3.05) is 26.3 Å². The minimum atomic E-state index is -0.848. The Morgan fingerprint density at radius 3 is 1.94 bits per heavy atom. The van der Waals surface area contributed by atoms with Crippen molar-refractivity contribution in [3.05, 3.63) is 58.1 Å². The van der Waals surface area contributed by atoms with Crippen LogP contribution in [0.25, 0.3) is 0 Å². The summed E-state index contributed by atoms with van der Waals surface area (Å²) in [6, 6.07) is 13.2. The number of nitrogens with zero attached hydrogens (tertiary/aromatic N) is 1. The quantitative estimate of drug-likeness (QED) is 0.510. The van der Waals surface area contributed by atoms with Crippen molar-refractivity contribution in [2.45, 2.75) is 62.7 Å². The minimum absolute atomic E-state index is 0.233. The highest BCUT2D eigenvalue weighted by Crippen LogP contribution is 2.30. The van der Waals surface area contributed by atoms with Crippen molar-refractivity contribution < 1.29 is 19.7 Å². The van der Waals surface area contributed by atoms with Crippen molar-refractivity contribution in [1.29, 1.82) is 0 Å². The van der Waals surface area contributed by atoms with E-state index in [1.165, 1.54) is 12.0 Å². The Hall–Kier alpha value is -1.50. The van der Waals surface area contributed by atoms with E-state index in [0.29, 0.717) is 35.2 Å². The number of halogens is 2. The van der Waals surface area contributed by atoms with Gasteiger partial charge in [-0.25, -0.2) is 0 Å². The predicted octanol–water partition coefficient (Wildman–Crippen LogP) is 5.47. The maximum absolute atomic E-state index is 10.9. The molecular weight excluding hydrogens is 461 g/mol. The Kier molecular flexibility index (Phi) is 8.08. The number of rotatable bonds is 8. The monoisotopic (exact) mass is 493 g/mol. The van der Waals surface area contributed by atoms with Crippen LogP contribution in [0.5, 0.6) is 11.5 Å². The third kappa shape index (κ3) is 7.00. The molecule has 7 heteroatoms. The van der Waals surface area contributed by atoms with Gasteiger partial charge in [0.1, 0.15) is 30.3 Å². The maximum atomic E-state index is 10.9. The second kappa shape index (κ2) is 10.8. The van der Waals surface area contributed by atoms with E-state index in [-0.39, 0.29) is 6.61 Å². The number of likely N-dealkylation sites (tertiary alicyclic amines) is 1. The fraction of sp³-hybridized carbons (Fsp3) is 0.538. The van der Waals surface area contributed by atoms with Gasteiger partial charge in [0.15, 0.2) is 0 Å². The van der Waals surface area contributed by atoms with Crippen molar-refractivity contribution in [3.63, 3.8) is 0 Å². The summed E-state index contributed by atoms with van der Waals surface area (Å²) in [5.74, 6) is 1.41. The van der Waals surface area contributed by atoms with Crippen LogP contribution in [0.3, 0.4) is 0 Å². The second-order valence-corrected chi connectivity index (χ2v) is 10.4. The molecule has 5 nitrogen and oxygen atoms in total. The zero-order valence-electron chi connectivity index (χ0n) is 18.9. The third-order valence-corrected chi connectivity index (χ3v) is 7.55. The summed E-state index contributed by atoms with van der Waals surface area (Å²) in [5.41, 5.74) is -0.318. The first-order chi connectivity index (χ1) is 15.8. The predicted molar refractivity (Wildman–Crippen MR) is 131 cm³/mol. The van der Waals surface area contributed by atoms with E-state index in [1.54, 1.807) is 18.2 Å². The van der Waals surface area contributed by atoms with Crippen LogP contribution in [0.2, 0.25) is 10.0 Å². The molecule has 2 N–H and O–H groups in total. The molecule has 0 radical (unpaired) electrons. The Morgan fingerprint density at radius 1 is 0.727 bits per heavy atom. The summed E-state index contributed by atoms with van der Waals surface area (Å²) in [5, 5.41) is 22.4. The van der Waals surface area contributed by atoms with Gasteiger partial charge in [-0.05, 0) is 55.5 Å². The molecule has 1 heterocycles. The van der Waals surface area contributed by atoms with Gasteiger partial charge >= 0.3 is 0 Å². The van der Waals surface area contributed by atoms with Crippen molar-refractivity contribution in [3.8, 4) is 11.5 Å². The second-order valence-electron chi connectivity index (χ2n) is 9.58. The lowest BCUT2D eigenvalue weighted by molar-refractivity contribution is -0.0537. The summed E-state index contributed by atoms with van der Waals surface area (Å²) < 4.78 is 11.7. The molecule has 0 atom stereocenters. The van der Waals surface area contributed by atoms with Crippen molar-refractivity contribution in [2.24, 2.45) is 0 Å². The van der Waals surface area contributed by atoms with Gasteiger partial charge in [-0.1, -0.05) is 54.6 Å². The number of piperidine rings is 1. The zero-order valence-corrected chi connectivity index (χ0v) is 20.5. The highest BCUT2D eigenvalue weighted by Gasteiger charge is 2.33. The fourth-order valence-corrected chi connectivity index (χ4v) is 4.87. The molecule has 1 saturated carbocycles. The molecule has 0 aromatic heterocycles. The Bertz CT molecular complexity index is 907. The highest BCUT2D eigenvalue weighted by atomic mass is 35.5. The molecule has 180 valence electrons. The molecule has 2 fully saturated rings. The summed E-state index contributed by atoms with van der Waals surface area (Å²) in [7, 11) is 0. The van der Waals surface area contributed by atoms with Gasteiger partial charge in [0.2, 0.25) is 0 Å². The summed E-state index contributed by atoms with van der Waals surface area (Å²) >= 11 is 12.0. The van der Waals surface area contributed by atoms with Crippen LogP contribution in [0.15, 0.2) is 42.5 Å². The van der Waals surface area contributed by atoms with Crippen molar-refractivity contribution >= 4 is 23.2 Å². The first kappa shape index (κ1) is 24.6.